The molecule has 0 spiro atoms. The van der Waals surface area contributed by atoms with Gasteiger partial charge in [0.05, 0.1) is 16.8 Å². The minimum Gasteiger partial charge on any atom is -0.394 e. The number of nitrogens with one attached hydrogen (secondary N) is 1. The monoisotopic (exact) mass is 286 g/mol. The van der Waals surface area contributed by atoms with Crippen LogP contribution < -0.4 is 10.5 Å². The Hall–Kier alpha value is -1.73. The molecule has 0 bridgehead atoms. The fourth-order valence-corrected chi connectivity index (χ4v) is 2.82. The molecular formula is C10H11ClN4O2S. The normalized spacial score (nSPS) is 11.4. The second kappa shape index (κ2) is 4.51. The van der Waals surface area contributed by atoms with Gasteiger partial charge in [0.15, 0.2) is 5.82 Å². The van der Waals surface area contributed by atoms with Crippen molar-refractivity contribution < 1.29 is 8.42 Å². The SMILES string of the molecule is Cn1ncc(N)c1NS(=O)(=O)c1cccc(Cl)c1. The number of sulfonamides is 1. The molecule has 3 N–H and O–H groups in total. The van der Waals surface area contributed by atoms with Gasteiger partial charge in [-0.25, -0.2) is 8.42 Å². The highest BCUT2D eigenvalue weighted by Crippen LogP contribution is 2.22. The minimum absolute atomic E-state index is 0.0654. The standard InChI is InChI=1S/C10H11ClN4O2S/c1-15-10(9(12)6-13-15)14-18(16,17)8-4-2-3-7(11)5-8/h2-6,14H,12H2,1H3. The molecule has 1 heterocycles. The van der Waals surface area contributed by atoms with E-state index in [1.54, 1.807) is 19.2 Å². The first-order chi connectivity index (χ1) is 8.40. The van der Waals surface area contributed by atoms with Crippen LogP contribution in [-0.4, -0.2) is 18.2 Å². The highest BCUT2D eigenvalue weighted by Gasteiger charge is 2.18. The lowest BCUT2D eigenvalue weighted by molar-refractivity contribution is 0.600. The average Bonchev–Trinajstić information content (AvgIpc) is 2.60. The molecule has 0 unspecified atom stereocenters. The van der Waals surface area contributed by atoms with Crippen LogP contribution in [0.25, 0.3) is 0 Å². The quantitative estimate of drug-likeness (QED) is 0.894. The topological polar surface area (TPSA) is 90.0 Å². The molecule has 1 aromatic heterocycles. The van der Waals surface area contributed by atoms with E-state index in [0.717, 1.165) is 0 Å². The molecule has 0 atom stereocenters. The molecule has 0 amide bonds. The van der Waals surface area contributed by atoms with E-state index in [0.29, 0.717) is 5.02 Å². The second-order valence-corrected chi connectivity index (χ2v) is 5.75. The van der Waals surface area contributed by atoms with Crippen molar-refractivity contribution in [2.24, 2.45) is 7.05 Å². The maximum absolute atomic E-state index is 12.1. The van der Waals surface area contributed by atoms with Crippen LogP contribution >= 0.6 is 11.6 Å². The number of anilines is 2. The largest absolute Gasteiger partial charge is 0.394 e. The van der Waals surface area contributed by atoms with Crippen molar-refractivity contribution in [1.82, 2.24) is 9.78 Å². The minimum atomic E-state index is -3.73. The lowest BCUT2D eigenvalue weighted by Crippen LogP contribution is -2.16. The Balaban J connectivity index is 2.39. The van der Waals surface area contributed by atoms with Crippen LogP contribution in [0.4, 0.5) is 11.5 Å². The Kier molecular flexibility index (Phi) is 3.18. The van der Waals surface area contributed by atoms with Crippen molar-refractivity contribution >= 4 is 33.1 Å². The summed E-state index contributed by atoms with van der Waals surface area (Å²) in [4.78, 5) is 0.0654. The van der Waals surface area contributed by atoms with E-state index in [1.165, 1.54) is 23.0 Å². The van der Waals surface area contributed by atoms with Crippen molar-refractivity contribution in [1.29, 1.82) is 0 Å². The third-order valence-corrected chi connectivity index (χ3v) is 3.88. The summed E-state index contributed by atoms with van der Waals surface area (Å²) in [7, 11) is -2.14. The summed E-state index contributed by atoms with van der Waals surface area (Å²) < 4.78 is 27.9. The van der Waals surface area contributed by atoms with Gasteiger partial charge in [0.2, 0.25) is 0 Å². The van der Waals surface area contributed by atoms with E-state index >= 15 is 0 Å². The highest BCUT2D eigenvalue weighted by molar-refractivity contribution is 7.92. The number of rotatable bonds is 3. The summed E-state index contributed by atoms with van der Waals surface area (Å²) in [5.74, 6) is 0.218. The summed E-state index contributed by atoms with van der Waals surface area (Å²) in [6.45, 7) is 0. The summed E-state index contributed by atoms with van der Waals surface area (Å²) in [5.41, 5.74) is 5.87. The van der Waals surface area contributed by atoms with Gasteiger partial charge in [-0.3, -0.25) is 9.40 Å². The zero-order valence-electron chi connectivity index (χ0n) is 9.46. The van der Waals surface area contributed by atoms with E-state index in [9.17, 15) is 8.42 Å². The summed E-state index contributed by atoms with van der Waals surface area (Å²) in [6.07, 6.45) is 1.37. The van der Waals surface area contributed by atoms with Gasteiger partial charge < -0.3 is 5.73 Å². The van der Waals surface area contributed by atoms with E-state index in [2.05, 4.69) is 9.82 Å². The first kappa shape index (κ1) is 12.7. The summed E-state index contributed by atoms with van der Waals surface area (Å²) in [5, 5.41) is 4.19. The van der Waals surface area contributed by atoms with Gasteiger partial charge in [0, 0.05) is 12.1 Å². The van der Waals surface area contributed by atoms with Crippen molar-refractivity contribution in [3.63, 3.8) is 0 Å². The van der Waals surface area contributed by atoms with Gasteiger partial charge in [-0.1, -0.05) is 17.7 Å². The number of nitrogen functional groups attached to an aromatic ring is 1. The maximum atomic E-state index is 12.1. The van der Waals surface area contributed by atoms with Crippen molar-refractivity contribution in [2.75, 3.05) is 10.5 Å². The molecule has 0 saturated carbocycles. The molecule has 2 rings (SSSR count). The molecule has 2 aromatic rings. The van der Waals surface area contributed by atoms with Crippen LogP contribution in [0.3, 0.4) is 0 Å². The van der Waals surface area contributed by atoms with E-state index in [-0.39, 0.29) is 16.4 Å². The Morgan fingerprint density at radius 1 is 1.44 bits per heavy atom. The molecule has 18 heavy (non-hydrogen) atoms. The Bertz CT molecular complexity index is 661. The van der Waals surface area contributed by atoms with E-state index in [1.807, 2.05) is 0 Å². The lowest BCUT2D eigenvalue weighted by atomic mass is 10.4. The number of nitrogens with zero attached hydrogens (tertiary/aromatic N) is 2. The van der Waals surface area contributed by atoms with E-state index in [4.69, 9.17) is 17.3 Å². The number of aromatic nitrogens is 2. The van der Waals surface area contributed by atoms with Gasteiger partial charge in [0.25, 0.3) is 10.0 Å². The zero-order chi connectivity index (χ0) is 13.3. The predicted molar refractivity (Wildman–Crippen MR) is 69.9 cm³/mol. The molecule has 6 nitrogen and oxygen atoms in total. The lowest BCUT2D eigenvalue weighted by Gasteiger charge is -2.09. The van der Waals surface area contributed by atoms with Gasteiger partial charge in [-0.15, -0.1) is 0 Å². The molecule has 0 aliphatic rings. The maximum Gasteiger partial charge on any atom is 0.263 e. The Labute approximate surface area is 109 Å². The average molecular weight is 287 g/mol. The molecule has 0 fully saturated rings. The number of aryl methyl sites for hydroxylation is 1. The number of nitrogens with two attached hydrogens (primary N) is 1. The zero-order valence-corrected chi connectivity index (χ0v) is 11.0. The summed E-state index contributed by atoms with van der Waals surface area (Å²) >= 11 is 5.76. The van der Waals surface area contributed by atoms with Gasteiger partial charge in [0.1, 0.15) is 0 Å². The number of halogens is 1. The van der Waals surface area contributed by atoms with E-state index < -0.39 is 10.0 Å². The molecule has 8 heteroatoms. The molecule has 0 aliphatic heterocycles. The molecule has 96 valence electrons. The molecule has 1 aromatic carbocycles. The number of benzene rings is 1. The smallest absolute Gasteiger partial charge is 0.263 e. The van der Waals surface area contributed by atoms with Crippen molar-refractivity contribution in [3.05, 3.63) is 35.5 Å². The van der Waals surface area contributed by atoms with Crippen molar-refractivity contribution in [3.8, 4) is 0 Å². The third-order valence-electron chi connectivity index (χ3n) is 2.30. The number of hydrogen-bond acceptors (Lipinski definition) is 4. The third kappa shape index (κ3) is 2.41. The predicted octanol–water partition coefficient (Wildman–Crippen LogP) is 1.46. The summed E-state index contributed by atoms with van der Waals surface area (Å²) in [6, 6.07) is 5.96. The molecular weight excluding hydrogens is 276 g/mol. The van der Waals surface area contributed by atoms with Gasteiger partial charge in [-0.05, 0) is 18.2 Å². The van der Waals surface area contributed by atoms with Crippen LogP contribution in [0.1, 0.15) is 0 Å². The first-order valence-electron chi connectivity index (χ1n) is 4.96. The fourth-order valence-electron chi connectivity index (χ4n) is 1.40. The van der Waals surface area contributed by atoms with Gasteiger partial charge in [-0.2, -0.15) is 5.10 Å². The molecule has 0 aliphatic carbocycles. The van der Waals surface area contributed by atoms with Crippen LogP contribution in [0, 0.1) is 0 Å². The Morgan fingerprint density at radius 2 is 2.17 bits per heavy atom. The van der Waals surface area contributed by atoms with Crippen molar-refractivity contribution in [2.45, 2.75) is 4.90 Å². The Morgan fingerprint density at radius 3 is 2.72 bits per heavy atom. The second-order valence-electron chi connectivity index (χ2n) is 3.63. The van der Waals surface area contributed by atoms with Crippen LogP contribution in [0.15, 0.2) is 35.4 Å². The highest BCUT2D eigenvalue weighted by atomic mass is 35.5. The fraction of sp³-hybridized carbons (Fsp3) is 0.100. The molecule has 0 saturated heterocycles. The van der Waals surface area contributed by atoms with Crippen LogP contribution in [-0.2, 0) is 17.1 Å². The molecule has 0 radical (unpaired) electrons. The first-order valence-corrected chi connectivity index (χ1v) is 6.82. The van der Waals surface area contributed by atoms with Crippen LogP contribution in [0.5, 0.6) is 0 Å². The number of hydrogen-bond donors (Lipinski definition) is 2. The van der Waals surface area contributed by atoms with Gasteiger partial charge >= 0.3 is 0 Å². The van der Waals surface area contributed by atoms with Crippen LogP contribution in [0.2, 0.25) is 5.02 Å².